The summed E-state index contributed by atoms with van der Waals surface area (Å²) in [5.74, 6) is 0.364. The average Bonchev–Trinajstić information content (AvgIpc) is 3.41. The van der Waals surface area contributed by atoms with E-state index in [9.17, 15) is 9.18 Å². The van der Waals surface area contributed by atoms with Crippen molar-refractivity contribution in [3.63, 3.8) is 0 Å². The smallest absolute Gasteiger partial charge is 0.365 e. The minimum Gasteiger partial charge on any atom is -0.497 e. The van der Waals surface area contributed by atoms with E-state index < -0.39 is 5.97 Å². The summed E-state index contributed by atoms with van der Waals surface area (Å²) < 4.78 is 18.0. The average molecular weight is 327 g/mol. The van der Waals surface area contributed by atoms with Crippen molar-refractivity contribution in [1.82, 2.24) is 0 Å². The SMILES string of the molecule is COc1cccc(C(=O)O/N=C(/C)C2CC2c2ccc(F)cc2)c1. The molecule has 24 heavy (non-hydrogen) atoms. The van der Waals surface area contributed by atoms with Gasteiger partial charge < -0.3 is 9.57 Å². The summed E-state index contributed by atoms with van der Waals surface area (Å²) in [5, 5.41) is 3.96. The zero-order valence-corrected chi connectivity index (χ0v) is 13.5. The number of methoxy groups -OCH3 is 1. The lowest BCUT2D eigenvalue weighted by Crippen LogP contribution is -2.05. The number of carbonyl (C=O) groups excluding carboxylic acids is 1. The quantitative estimate of drug-likeness (QED) is 0.470. The minimum absolute atomic E-state index is 0.230. The van der Waals surface area contributed by atoms with Crippen LogP contribution in [0.5, 0.6) is 5.75 Å². The van der Waals surface area contributed by atoms with Gasteiger partial charge in [0.15, 0.2) is 0 Å². The summed E-state index contributed by atoms with van der Waals surface area (Å²) in [6.45, 7) is 1.84. The molecule has 1 fully saturated rings. The summed E-state index contributed by atoms with van der Waals surface area (Å²) in [6, 6.07) is 13.2. The summed E-state index contributed by atoms with van der Waals surface area (Å²) >= 11 is 0. The maximum Gasteiger partial charge on any atom is 0.365 e. The predicted molar refractivity (Wildman–Crippen MR) is 88.8 cm³/mol. The Bertz CT molecular complexity index is 770. The predicted octanol–water partition coefficient (Wildman–Crippen LogP) is 4.17. The first kappa shape index (κ1) is 16.2. The molecule has 2 unspecified atom stereocenters. The number of carbonyl (C=O) groups is 1. The highest BCUT2D eigenvalue weighted by molar-refractivity contribution is 5.92. The molecule has 0 saturated heterocycles. The first-order valence-corrected chi connectivity index (χ1v) is 7.74. The summed E-state index contributed by atoms with van der Waals surface area (Å²) in [6.07, 6.45) is 0.928. The van der Waals surface area contributed by atoms with Crippen LogP contribution >= 0.6 is 0 Å². The van der Waals surface area contributed by atoms with Gasteiger partial charge in [-0.3, -0.25) is 0 Å². The molecule has 2 aromatic rings. The Morgan fingerprint density at radius 3 is 2.67 bits per heavy atom. The summed E-state index contributed by atoms with van der Waals surface area (Å²) in [4.78, 5) is 17.1. The number of halogens is 1. The number of rotatable bonds is 5. The van der Waals surface area contributed by atoms with Gasteiger partial charge in [0.2, 0.25) is 0 Å². The molecule has 3 rings (SSSR count). The topological polar surface area (TPSA) is 47.9 Å². The molecule has 0 spiro atoms. The fourth-order valence-corrected chi connectivity index (χ4v) is 2.72. The third-order valence-corrected chi connectivity index (χ3v) is 4.20. The number of hydrogen-bond donors (Lipinski definition) is 0. The molecule has 0 radical (unpaired) electrons. The second-order valence-electron chi connectivity index (χ2n) is 5.84. The lowest BCUT2D eigenvalue weighted by Gasteiger charge is -2.03. The Hall–Kier alpha value is -2.69. The van der Waals surface area contributed by atoms with Crippen LogP contribution in [-0.2, 0) is 4.84 Å². The third-order valence-electron chi connectivity index (χ3n) is 4.20. The van der Waals surface area contributed by atoms with Crippen molar-refractivity contribution in [3.05, 3.63) is 65.5 Å². The van der Waals surface area contributed by atoms with E-state index in [1.807, 2.05) is 6.92 Å². The van der Waals surface area contributed by atoms with Crippen molar-refractivity contribution in [2.75, 3.05) is 7.11 Å². The second-order valence-corrected chi connectivity index (χ2v) is 5.84. The van der Waals surface area contributed by atoms with Gasteiger partial charge in [-0.2, -0.15) is 0 Å². The molecule has 2 aromatic carbocycles. The molecule has 1 aliphatic carbocycles. The van der Waals surface area contributed by atoms with Crippen LogP contribution in [0.15, 0.2) is 53.7 Å². The highest BCUT2D eigenvalue weighted by Crippen LogP contribution is 2.48. The van der Waals surface area contributed by atoms with Crippen molar-refractivity contribution < 1.29 is 18.8 Å². The highest BCUT2D eigenvalue weighted by Gasteiger charge is 2.40. The number of ether oxygens (including phenoxy) is 1. The van der Waals surface area contributed by atoms with Crippen LogP contribution in [-0.4, -0.2) is 18.8 Å². The van der Waals surface area contributed by atoms with E-state index in [4.69, 9.17) is 9.57 Å². The van der Waals surface area contributed by atoms with Gasteiger partial charge in [0.1, 0.15) is 11.6 Å². The van der Waals surface area contributed by atoms with Gasteiger partial charge >= 0.3 is 5.97 Å². The number of oxime groups is 1. The fourth-order valence-electron chi connectivity index (χ4n) is 2.72. The molecule has 4 nitrogen and oxygen atoms in total. The largest absolute Gasteiger partial charge is 0.497 e. The maximum atomic E-state index is 13.0. The molecule has 0 amide bonds. The van der Waals surface area contributed by atoms with Crippen LogP contribution in [0.25, 0.3) is 0 Å². The lowest BCUT2D eigenvalue weighted by molar-refractivity contribution is 0.0514. The Balaban J connectivity index is 1.60. The van der Waals surface area contributed by atoms with E-state index in [1.165, 1.54) is 19.2 Å². The van der Waals surface area contributed by atoms with Gasteiger partial charge in [-0.1, -0.05) is 23.4 Å². The zero-order valence-electron chi connectivity index (χ0n) is 13.5. The van der Waals surface area contributed by atoms with Gasteiger partial charge in [-0.15, -0.1) is 0 Å². The third kappa shape index (κ3) is 3.62. The number of benzene rings is 2. The Labute approximate surface area is 139 Å². The first-order valence-electron chi connectivity index (χ1n) is 7.74. The minimum atomic E-state index is -0.521. The molecule has 0 heterocycles. The normalized spacial score (nSPS) is 19.7. The number of hydrogen-bond acceptors (Lipinski definition) is 4. The van der Waals surface area contributed by atoms with Crippen molar-refractivity contribution in [2.45, 2.75) is 19.3 Å². The molecular formula is C19H18FNO3. The van der Waals surface area contributed by atoms with E-state index in [0.29, 0.717) is 17.2 Å². The van der Waals surface area contributed by atoms with Gasteiger partial charge in [-0.05, 0) is 55.2 Å². The van der Waals surface area contributed by atoms with Crippen molar-refractivity contribution in [3.8, 4) is 5.75 Å². The van der Waals surface area contributed by atoms with E-state index >= 15 is 0 Å². The van der Waals surface area contributed by atoms with Crippen molar-refractivity contribution >= 4 is 11.7 Å². The van der Waals surface area contributed by atoms with Crippen molar-refractivity contribution in [1.29, 1.82) is 0 Å². The Kier molecular flexibility index (Phi) is 4.60. The van der Waals surface area contributed by atoms with Gasteiger partial charge in [0.05, 0.1) is 18.4 Å². The fraction of sp³-hybridized carbons (Fsp3) is 0.263. The molecule has 5 heteroatoms. The summed E-state index contributed by atoms with van der Waals surface area (Å²) in [5.41, 5.74) is 2.23. The van der Waals surface area contributed by atoms with Crippen LogP contribution in [0.3, 0.4) is 0 Å². The molecule has 0 aliphatic heterocycles. The molecule has 0 bridgehead atoms. The number of nitrogens with zero attached hydrogens (tertiary/aromatic N) is 1. The van der Waals surface area contributed by atoms with E-state index in [2.05, 4.69) is 5.16 Å². The zero-order chi connectivity index (χ0) is 17.1. The highest BCUT2D eigenvalue weighted by atomic mass is 19.1. The van der Waals surface area contributed by atoms with Gasteiger partial charge in [0.25, 0.3) is 0 Å². The van der Waals surface area contributed by atoms with Crippen LogP contribution in [0.1, 0.15) is 35.2 Å². The first-order chi connectivity index (χ1) is 11.6. The van der Waals surface area contributed by atoms with E-state index in [1.54, 1.807) is 36.4 Å². The molecule has 0 N–H and O–H groups in total. The van der Waals surface area contributed by atoms with Crippen molar-refractivity contribution in [2.24, 2.45) is 11.1 Å². The van der Waals surface area contributed by atoms with Crippen LogP contribution in [0.2, 0.25) is 0 Å². The van der Waals surface area contributed by atoms with Crippen LogP contribution < -0.4 is 4.74 Å². The molecule has 1 saturated carbocycles. The van der Waals surface area contributed by atoms with E-state index in [-0.39, 0.29) is 11.7 Å². The molecular weight excluding hydrogens is 309 g/mol. The molecule has 124 valence electrons. The molecule has 1 aliphatic rings. The molecule has 2 atom stereocenters. The lowest BCUT2D eigenvalue weighted by atomic mass is 10.1. The monoisotopic (exact) mass is 327 g/mol. The maximum absolute atomic E-state index is 13.0. The standard InChI is InChI=1S/C19H18FNO3/c1-12(17-11-18(17)13-6-8-15(20)9-7-13)21-24-19(22)14-4-3-5-16(10-14)23-2/h3-10,17-18H,11H2,1-2H3/b21-12-. The Morgan fingerprint density at radius 1 is 1.21 bits per heavy atom. The second kappa shape index (κ2) is 6.83. The van der Waals surface area contributed by atoms with Gasteiger partial charge in [0, 0.05) is 5.92 Å². The van der Waals surface area contributed by atoms with Crippen LogP contribution in [0, 0.1) is 11.7 Å². The Morgan fingerprint density at radius 2 is 1.96 bits per heavy atom. The molecule has 0 aromatic heterocycles. The van der Waals surface area contributed by atoms with E-state index in [0.717, 1.165) is 17.7 Å². The van der Waals surface area contributed by atoms with Crippen LogP contribution in [0.4, 0.5) is 4.39 Å². The van der Waals surface area contributed by atoms with Gasteiger partial charge in [-0.25, -0.2) is 9.18 Å². The summed E-state index contributed by atoms with van der Waals surface area (Å²) in [7, 11) is 1.54.